The van der Waals surface area contributed by atoms with Crippen LogP contribution in [0.2, 0.25) is 0 Å². The molecule has 0 spiro atoms. The van der Waals surface area contributed by atoms with Gasteiger partial charge < -0.3 is 14.2 Å². The fourth-order valence-electron chi connectivity index (χ4n) is 3.38. The number of nitrogens with zero attached hydrogens (tertiary/aromatic N) is 4. The van der Waals surface area contributed by atoms with Crippen molar-refractivity contribution in [3.05, 3.63) is 42.0 Å². The lowest BCUT2D eigenvalue weighted by Gasteiger charge is -2.32. The molecule has 3 heterocycles. The number of hydrogen-bond donors (Lipinski definition) is 0. The number of hydrogen-bond acceptors (Lipinski definition) is 6. The normalized spacial score (nSPS) is 15.7. The number of carbonyl (C=O) groups excluding carboxylic acids is 1. The maximum Gasteiger partial charge on any atom is 0.410 e. The second kappa shape index (κ2) is 7.42. The molecule has 1 aromatic carbocycles. The molecule has 3 aromatic rings. The van der Waals surface area contributed by atoms with Crippen molar-refractivity contribution in [2.75, 3.05) is 13.1 Å². The minimum absolute atomic E-state index is 0.0767. The van der Waals surface area contributed by atoms with Crippen LogP contribution in [0.1, 0.15) is 45.4 Å². The van der Waals surface area contributed by atoms with Gasteiger partial charge in [-0.25, -0.2) is 14.2 Å². The second-order valence-electron chi connectivity index (χ2n) is 8.20. The summed E-state index contributed by atoms with van der Waals surface area (Å²) in [5.74, 6) is 0.672. The van der Waals surface area contributed by atoms with Crippen molar-refractivity contribution in [3.63, 3.8) is 0 Å². The van der Waals surface area contributed by atoms with Gasteiger partial charge in [0.05, 0.1) is 5.52 Å². The third-order valence-electron chi connectivity index (χ3n) is 4.85. The summed E-state index contributed by atoms with van der Waals surface area (Å²) in [7, 11) is 0. The number of halogens is 1. The lowest BCUT2D eigenvalue weighted by Crippen LogP contribution is -2.41. The number of pyridine rings is 1. The highest BCUT2D eigenvalue weighted by Gasteiger charge is 2.30. The summed E-state index contributed by atoms with van der Waals surface area (Å²) in [6.45, 7) is 6.71. The molecular formula is C21H23FN4O3. The van der Waals surface area contributed by atoms with Crippen LogP contribution in [0, 0.1) is 5.82 Å². The fraction of sp³-hybridized carbons (Fsp3) is 0.429. The Morgan fingerprint density at radius 3 is 2.66 bits per heavy atom. The van der Waals surface area contributed by atoms with E-state index in [4.69, 9.17) is 9.26 Å². The zero-order valence-electron chi connectivity index (χ0n) is 16.7. The summed E-state index contributed by atoms with van der Waals surface area (Å²) >= 11 is 0. The molecule has 0 saturated carbocycles. The highest BCUT2D eigenvalue weighted by Crippen LogP contribution is 2.29. The van der Waals surface area contributed by atoms with Gasteiger partial charge in [-0.2, -0.15) is 4.98 Å². The predicted octanol–water partition coefficient (Wildman–Crippen LogP) is 4.54. The van der Waals surface area contributed by atoms with Crippen LogP contribution in [0.4, 0.5) is 9.18 Å². The molecule has 1 saturated heterocycles. The van der Waals surface area contributed by atoms with E-state index < -0.39 is 5.60 Å². The Kier molecular flexibility index (Phi) is 4.94. The van der Waals surface area contributed by atoms with Gasteiger partial charge in [0.15, 0.2) is 0 Å². The van der Waals surface area contributed by atoms with Crippen molar-refractivity contribution in [1.82, 2.24) is 20.0 Å². The first kappa shape index (κ1) is 19.3. The molecule has 1 aliphatic rings. The molecule has 1 fully saturated rings. The topological polar surface area (TPSA) is 81.4 Å². The fourth-order valence-corrected chi connectivity index (χ4v) is 3.38. The number of carbonyl (C=O) groups is 1. The van der Waals surface area contributed by atoms with Crippen molar-refractivity contribution >= 4 is 17.0 Å². The smallest absolute Gasteiger partial charge is 0.410 e. The molecule has 7 nitrogen and oxygen atoms in total. The van der Waals surface area contributed by atoms with E-state index in [1.807, 2.05) is 20.8 Å². The summed E-state index contributed by atoms with van der Waals surface area (Å²) in [5.41, 5.74) is 0.564. The van der Waals surface area contributed by atoms with Crippen molar-refractivity contribution < 1.29 is 18.4 Å². The van der Waals surface area contributed by atoms with Gasteiger partial charge in [0.2, 0.25) is 11.7 Å². The van der Waals surface area contributed by atoms with Crippen LogP contribution >= 0.6 is 0 Å². The molecular weight excluding hydrogens is 375 g/mol. The molecule has 0 bridgehead atoms. The summed E-state index contributed by atoms with van der Waals surface area (Å²) in [5, 5.41) is 4.50. The summed E-state index contributed by atoms with van der Waals surface area (Å²) in [4.78, 5) is 22.8. The van der Waals surface area contributed by atoms with Gasteiger partial charge in [-0.15, -0.1) is 0 Å². The number of ether oxygens (including phenoxy) is 1. The van der Waals surface area contributed by atoms with Crippen molar-refractivity contribution in [2.24, 2.45) is 0 Å². The third-order valence-corrected chi connectivity index (χ3v) is 4.85. The maximum atomic E-state index is 13.8. The molecule has 1 amide bonds. The van der Waals surface area contributed by atoms with Crippen LogP contribution < -0.4 is 0 Å². The average molecular weight is 398 g/mol. The van der Waals surface area contributed by atoms with Gasteiger partial charge in [0, 0.05) is 24.4 Å². The van der Waals surface area contributed by atoms with Crippen LogP contribution in [-0.4, -0.2) is 44.8 Å². The van der Waals surface area contributed by atoms with E-state index >= 15 is 0 Å². The van der Waals surface area contributed by atoms with Crippen molar-refractivity contribution in [2.45, 2.75) is 45.1 Å². The summed E-state index contributed by atoms with van der Waals surface area (Å²) < 4.78 is 24.7. The Bertz CT molecular complexity index is 1040. The average Bonchev–Trinajstić information content (AvgIpc) is 3.17. The van der Waals surface area contributed by atoms with E-state index in [1.54, 1.807) is 29.2 Å². The van der Waals surface area contributed by atoms with E-state index in [2.05, 4.69) is 15.1 Å². The molecule has 2 aromatic heterocycles. The highest BCUT2D eigenvalue weighted by molar-refractivity contribution is 5.81. The Balaban J connectivity index is 1.44. The molecule has 0 N–H and O–H groups in total. The van der Waals surface area contributed by atoms with Gasteiger partial charge in [-0.3, -0.25) is 0 Å². The largest absolute Gasteiger partial charge is 0.444 e. The lowest BCUT2D eigenvalue weighted by molar-refractivity contribution is 0.0198. The van der Waals surface area contributed by atoms with Gasteiger partial charge in [0.25, 0.3) is 0 Å². The van der Waals surface area contributed by atoms with E-state index in [-0.39, 0.29) is 17.8 Å². The van der Waals surface area contributed by atoms with Gasteiger partial charge in [0.1, 0.15) is 17.1 Å². The van der Waals surface area contributed by atoms with E-state index in [1.165, 1.54) is 6.07 Å². The molecule has 4 rings (SSSR count). The van der Waals surface area contributed by atoms with Crippen LogP contribution in [-0.2, 0) is 4.74 Å². The summed E-state index contributed by atoms with van der Waals surface area (Å²) in [6.07, 6.45) is 1.14. The highest BCUT2D eigenvalue weighted by atomic mass is 19.1. The lowest BCUT2D eigenvalue weighted by atomic mass is 9.97. The predicted molar refractivity (Wildman–Crippen MR) is 105 cm³/mol. The van der Waals surface area contributed by atoms with E-state index in [0.717, 1.165) is 12.8 Å². The first-order valence-electron chi connectivity index (χ1n) is 9.67. The Morgan fingerprint density at radius 2 is 1.93 bits per heavy atom. The van der Waals surface area contributed by atoms with Gasteiger partial charge in [-0.05, 0) is 57.9 Å². The van der Waals surface area contributed by atoms with Crippen LogP contribution in [0.3, 0.4) is 0 Å². The van der Waals surface area contributed by atoms with Crippen LogP contribution in [0.15, 0.2) is 34.9 Å². The molecule has 152 valence electrons. The van der Waals surface area contributed by atoms with Gasteiger partial charge >= 0.3 is 6.09 Å². The minimum atomic E-state index is -0.509. The number of fused-ring (bicyclic) bond motifs is 1. The standard InChI is InChI=1S/C21H23FN4O3/c1-21(2,3)28-20(27)26-11-9-13(10-12-26)19-24-18(25-29-19)17-8-7-14-15(22)5-4-6-16(14)23-17/h4-8,13H,9-12H2,1-3H3. The monoisotopic (exact) mass is 398 g/mol. The molecule has 8 heteroatoms. The van der Waals surface area contributed by atoms with Crippen molar-refractivity contribution in [1.29, 1.82) is 0 Å². The number of aromatic nitrogens is 3. The Morgan fingerprint density at radius 1 is 1.17 bits per heavy atom. The number of likely N-dealkylation sites (tertiary alicyclic amines) is 1. The Hall–Kier alpha value is -3.03. The molecule has 1 aliphatic heterocycles. The first-order chi connectivity index (χ1) is 13.8. The zero-order valence-corrected chi connectivity index (χ0v) is 16.7. The molecule has 0 unspecified atom stereocenters. The molecule has 0 aliphatic carbocycles. The number of piperidine rings is 1. The quantitative estimate of drug-likeness (QED) is 0.630. The van der Waals surface area contributed by atoms with Crippen LogP contribution in [0.25, 0.3) is 22.4 Å². The minimum Gasteiger partial charge on any atom is -0.444 e. The number of amides is 1. The number of benzene rings is 1. The molecule has 0 radical (unpaired) electrons. The van der Waals surface area contributed by atoms with E-state index in [0.29, 0.717) is 41.4 Å². The van der Waals surface area contributed by atoms with Crippen LogP contribution in [0.5, 0.6) is 0 Å². The number of rotatable bonds is 2. The SMILES string of the molecule is CC(C)(C)OC(=O)N1CCC(c2nc(-c3ccc4c(F)cccc4n3)no2)CC1. The molecule has 0 atom stereocenters. The molecule has 29 heavy (non-hydrogen) atoms. The zero-order chi connectivity index (χ0) is 20.6. The summed E-state index contributed by atoms with van der Waals surface area (Å²) in [6, 6.07) is 8.12. The second-order valence-corrected chi connectivity index (χ2v) is 8.20. The third kappa shape index (κ3) is 4.21. The first-order valence-corrected chi connectivity index (χ1v) is 9.67. The van der Waals surface area contributed by atoms with Gasteiger partial charge in [-0.1, -0.05) is 11.2 Å². The van der Waals surface area contributed by atoms with Crippen molar-refractivity contribution in [3.8, 4) is 11.5 Å². The Labute approximate surface area is 167 Å². The van der Waals surface area contributed by atoms with E-state index in [9.17, 15) is 9.18 Å². The maximum absolute atomic E-state index is 13.8.